The Hall–Kier alpha value is -1.18. The number of rotatable bonds is 12. The summed E-state index contributed by atoms with van der Waals surface area (Å²) < 4.78 is 16.5. The van der Waals surface area contributed by atoms with Crippen LogP contribution in [0, 0.1) is 11.8 Å². The summed E-state index contributed by atoms with van der Waals surface area (Å²) in [5.41, 5.74) is 9.83. The number of hydrogen-bond donors (Lipinski definition) is 2. The van der Waals surface area contributed by atoms with Crippen molar-refractivity contribution in [3.8, 4) is 0 Å². The van der Waals surface area contributed by atoms with Crippen LogP contribution in [-0.2, 0) is 23.8 Å². The first-order valence-corrected chi connectivity index (χ1v) is 8.87. The second-order valence-corrected chi connectivity index (χ2v) is 7.73. The lowest BCUT2D eigenvalue weighted by molar-refractivity contribution is -0.163. The average molecular weight is 360 g/mol. The highest BCUT2D eigenvalue weighted by atomic mass is 16.6. The second-order valence-electron chi connectivity index (χ2n) is 7.73. The molecule has 7 heteroatoms. The van der Waals surface area contributed by atoms with Crippen LogP contribution in [0.3, 0.4) is 0 Å². The van der Waals surface area contributed by atoms with E-state index in [1.54, 1.807) is 13.8 Å². The zero-order chi connectivity index (χ0) is 19.7. The van der Waals surface area contributed by atoms with Crippen molar-refractivity contribution in [2.45, 2.75) is 65.6 Å². The Morgan fingerprint density at radius 3 is 1.84 bits per heavy atom. The minimum atomic E-state index is -0.625. The van der Waals surface area contributed by atoms with E-state index in [-0.39, 0.29) is 43.5 Å². The van der Waals surface area contributed by atoms with E-state index < -0.39 is 11.2 Å². The minimum Gasteiger partial charge on any atom is -0.465 e. The van der Waals surface area contributed by atoms with Gasteiger partial charge in [-0.15, -0.1) is 0 Å². The van der Waals surface area contributed by atoms with Crippen molar-refractivity contribution in [2.75, 3.05) is 26.3 Å². The summed E-state index contributed by atoms with van der Waals surface area (Å²) in [6.07, 6.45) is 1.13. The fourth-order valence-electron chi connectivity index (χ4n) is 1.80. The molecule has 4 N–H and O–H groups in total. The molecule has 0 aliphatic rings. The largest absolute Gasteiger partial charge is 0.465 e. The van der Waals surface area contributed by atoms with Crippen molar-refractivity contribution in [2.24, 2.45) is 23.3 Å². The van der Waals surface area contributed by atoms with E-state index in [1.807, 2.05) is 27.7 Å². The molecule has 0 aromatic heterocycles. The molecule has 0 amide bonds. The summed E-state index contributed by atoms with van der Waals surface area (Å²) >= 11 is 0. The number of hydrogen-bond acceptors (Lipinski definition) is 7. The van der Waals surface area contributed by atoms with Crippen LogP contribution in [0.15, 0.2) is 0 Å². The summed E-state index contributed by atoms with van der Waals surface area (Å²) in [6.45, 7) is 12.3. The van der Waals surface area contributed by atoms with E-state index in [0.717, 1.165) is 0 Å². The first kappa shape index (κ1) is 23.8. The van der Waals surface area contributed by atoms with Crippen LogP contribution in [0.5, 0.6) is 0 Å². The summed E-state index contributed by atoms with van der Waals surface area (Å²) in [4.78, 5) is 23.4. The maximum Gasteiger partial charge on any atom is 0.310 e. The van der Waals surface area contributed by atoms with Crippen LogP contribution < -0.4 is 11.5 Å². The summed E-state index contributed by atoms with van der Waals surface area (Å²) in [5, 5.41) is 0. The normalized spacial score (nSPS) is 14.7. The molecule has 0 heterocycles. The molecule has 0 bridgehead atoms. The molecule has 2 atom stereocenters. The molecule has 0 saturated heterocycles. The monoisotopic (exact) mass is 360 g/mol. The third-order valence-corrected chi connectivity index (χ3v) is 4.03. The van der Waals surface area contributed by atoms with Crippen molar-refractivity contribution in [3.63, 3.8) is 0 Å². The van der Waals surface area contributed by atoms with E-state index in [2.05, 4.69) is 0 Å². The number of ether oxygens (including phenoxy) is 3. The lowest BCUT2D eigenvalue weighted by atomic mass is 10.0. The first-order valence-electron chi connectivity index (χ1n) is 8.87. The fourth-order valence-corrected chi connectivity index (χ4v) is 1.80. The third-order valence-electron chi connectivity index (χ3n) is 4.03. The van der Waals surface area contributed by atoms with Crippen molar-refractivity contribution < 1.29 is 23.8 Å². The van der Waals surface area contributed by atoms with E-state index in [1.165, 1.54) is 0 Å². The molecule has 0 radical (unpaired) electrons. The standard InChI is InChI=1S/C18H36N2O5/c1-13(11-19)15(21)23-9-7-17(3,4)24-10-8-18(5,6)25-16(22)14(2)12-20/h13-14H,7-12,19-20H2,1-6H3. The van der Waals surface area contributed by atoms with E-state index in [0.29, 0.717) is 19.4 Å². The van der Waals surface area contributed by atoms with Crippen LogP contribution in [0.4, 0.5) is 0 Å². The molecule has 0 aliphatic heterocycles. The highest BCUT2D eigenvalue weighted by molar-refractivity contribution is 5.72. The molecular formula is C18H36N2O5. The van der Waals surface area contributed by atoms with Crippen molar-refractivity contribution >= 4 is 11.9 Å². The maximum atomic E-state index is 11.8. The molecular weight excluding hydrogens is 324 g/mol. The molecule has 0 rings (SSSR count). The van der Waals surface area contributed by atoms with E-state index in [9.17, 15) is 9.59 Å². The van der Waals surface area contributed by atoms with Gasteiger partial charge in [0.2, 0.25) is 0 Å². The quantitative estimate of drug-likeness (QED) is 0.508. The van der Waals surface area contributed by atoms with Gasteiger partial charge in [0.1, 0.15) is 5.60 Å². The Bertz CT molecular complexity index is 424. The fraction of sp³-hybridized carbons (Fsp3) is 0.889. The summed E-state index contributed by atoms with van der Waals surface area (Å²) in [5.74, 6) is -1.20. The van der Waals surface area contributed by atoms with Gasteiger partial charge in [-0.1, -0.05) is 13.8 Å². The van der Waals surface area contributed by atoms with Crippen molar-refractivity contribution in [1.29, 1.82) is 0 Å². The number of carbonyl (C=O) groups excluding carboxylic acids is 2. The van der Waals surface area contributed by atoms with E-state index in [4.69, 9.17) is 25.7 Å². The lowest BCUT2D eigenvalue weighted by Crippen LogP contribution is -2.36. The highest BCUT2D eigenvalue weighted by Gasteiger charge is 2.27. The SMILES string of the molecule is CC(CN)C(=O)OCCC(C)(C)OCCC(C)(C)OC(=O)C(C)CN. The number of esters is 2. The zero-order valence-electron chi connectivity index (χ0n) is 16.6. The molecule has 0 aliphatic carbocycles. The summed E-state index contributed by atoms with van der Waals surface area (Å²) in [7, 11) is 0. The second kappa shape index (κ2) is 10.7. The van der Waals surface area contributed by atoms with Crippen LogP contribution in [0.2, 0.25) is 0 Å². The van der Waals surface area contributed by atoms with Gasteiger partial charge in [-0.25, -0.2) is 0 Å². The third kappa shape index (κ3) is 10.4. The van der Waals surface area contributed by atoms with Gasteiger partial charge in [0, 0.05) is 25.9 Å². The van der Waals surface area contributed by atoms with Crippen molar-refractivity contribution in [1.82, 2.24) is 0 Å². The van der Waals surface area contributed by atoms with Gasteiger partial charge < -0.3 is 25.7 Å². The molecule has 0 spiro atoms. The molecule has 7 nitrogen and oxygen atoms in total. The predicted octanol–water partition coefficient (Wildman–Crippen LogP) is 1.62. The van der Waals surface area contributed by atoms with Gasteiger partial charge in [0.05, 0.1) is 30.7 Å². The van der Waals surface area contributed by atoms with Crippen LogP contribution >= 0.6 is 0 Å². The van der Waals surface area contributed by atoms with E-state index >= 15 is 0 Å². The Morgan fingerprint density at radius 2 is 1.32 bits per heavy atom. The molecule has 0 aromatic rings. The van der Waals surface area contributed by atoms with Crippen molar-refractivity contribution in [3.05, 3.63) is 0 Å². The van der Waals surface area contributed by atoms with Crippen LogP contribution in [0.25, 0.3) is 0 Å². The number of carbonyl (C=O) groups is 2. The minimum absolute atomic E-state index is 0.264. The topological polar surface area (TPSA) is 114 Å². The zero-order valence-corrected chi connectivity index (χ0v) is 16.6. The van der Waals surface area contributed by atoms with Gasteiger partial charge in [-0.05, 0) is 27.7 Å². The average Bonchev–Trinajstić information content (AvgIpc) is 2.51. The molecule has 2 unspecified atom stereocenters. The Labute approximate surface area is 151 Å². The Kier molecular flexibility index (Phi) is 10.2. The lowest BCUT2D eigenvalue weighted by Gasteiger charge is -2.30. The van der Waals surface area contributed by atoms with Gasteiger partial charge >= 0.3 is 11.9 Å². The molecule has 0 saturated carbocycles. The Balaban J connectivity index is 4.19. The van der Waals surface area contributed by atoms with Crippen LogP contribution in [0.1, 0.15) is 54.4 Å². The van der Waals surface area contributed by atoms with Gasteiger partial charge in [-0.3, -0.25) is 9.59 Å². The molecule has 0 fully saturated rings. The van der Waals surface area contributed by atoms with Gasteiger partial charge in [-0.2, -0.15) is 0 Å². The summed E-state index contributed by atoms with van der Waals surface area (Å²) in [6, 6.07) is 0. The molecule has 148 valence electrons. The Morgan fingerprint density at radius 1 is 0.840 bits per heavy atom. The molecule has 0 aromatic carbocycles. The maximum absolute atomic E-state index is 11.8. The first-order chi connectivity index (χ1) is 11.4. The molecule has 25 heavy (non-hydrogen) atoms. The number of nitrogens with two attached hydrogens (primary N) is 2. The predicted molar refractivity (Wildman–Crippen MR) is 96.8 cm³/mol. The van der Waals surface area contributed by atoms with Crippen LogP contribution in [-0.4, -0.2) is 49.4 Å². The smallest absolute Gasteiger partial charge is 0.310 e. The highest BCUT2D eigenvalue weighted by Crippen LogP contribution is 2.20. The van der Waals surface area contributed by atoms with Gasteiger partial charge in [0.15, 0.2) is 0 Å². The van der Waals surface area contributed by atoms with Gasteiger partial charge in [0.25, 0.3) is 0 Å².